The number of fused-ring (bicyclic) bond motifs is 1. The van der Waals surface area contributed by atoms with E-state index in [2.05, 4.69) is 4.98 Å². The average molecular weight is 633 g/mol. The van der Waals surface area contributed by atoms with Crippen LogP contribution in [0.4, 0.5) is 13.6 Å². The van der Waals surface area contributed by atoms with Crippen molar-refractivity contribution in [2.24, 2.45) is 0 Å². The number of carbonyl (C=O) groups excluding carboxylic acids is 2. The summed E-state index contributed by atoms with van der Waals surface area (Å²) in [6, 6.07) is 23.6. The Morgan fingerprint density at radius 2 is 1.77 bits per heavy atom. The van der Waals surface area contributed by atoms with Gasteiger partial charge in [0.2, 0.25) is 0 Å². The zero-order valence-electron chi connectivity index (χ0n) is 25.5. The second-order valence-electron chi connectivity index (χ2n) is 11.5. The number of phenols is 1. The van der Waals surface area contributed by atoms with Crippen molar-refractivity contribution in [3.8, 4) is 34.1 Å². The summed E-state index contributed by atoms with van der Waals surface area (Å²) in [6.07, 6.45) is 2.42. The number of benzene rings is 4. The predicted molar refractivity (Wildman–Crippen MR) is 172 cm³/mol. The van der Waals surface area contributed by atoms with Gasteiger partial charge in [0.15, 0.2) is 0 Å². The third kappa shape index (κ3) is 6.75. The fraction of sp³-hybridized carbons (Fsp3) is 0.189. The third-order valence-electron chi connectivity index (χ3n) is 8.28. The molecule has 2 amide bonds. The maximum atomic E-state index is 14.5. The van der Waals surface area contributed by atoms with Gasteiger partial charge in [-0.15, -0.1) is 0 Å². The lowest BCUT2D eigenvalue weighted by Gasteiger charge is -2.29. The number of nitrogens with zero attached hydrogens (tertiary/aromatic N) is 4. The number of likely N-dealkylation sites (N-methyl/N-ethyl adjacent to an activating group) is 1. The van der Waals surface area contributed by atoms with Crippen molar-refractivity contribution < 1.29 is 28.2 Å². The van der Waals surface area contributed by atoms with Crippen LogP contribution in [0.1, 0.15) is 34.3 Å². The second-order valence-corrected chi connectivity index (χ2v) is 11.5. The molecule has 236 valence electrons. The molecule has 4 aromatic carbocycles. The summed E-state index contributed by atoms with van der Waals surface area (Å²) in [5, 5.41) is 20.0. The van der Waals surface area contributed by atoms with E-state index in [0.717, 1.165) is 24.1 Å². The van der Waals surface area contributed by atoms with Gasteiger partial charge < -0.3 is 19.6 Å². The highest BCUT2D eigenvalue weighted by atomic mass is 19.1. The maximum Gasteiger partial charge on any atom is 0.410 e. The van der Waals surface area contributed by atoms with Crippen LogP contribution in [0.25, 0.3) is 33.2 Å². The van der Waals surface area contributed by atoms with Gasteiger partial charge in [-0.1, -0.05) is 36.4 Å². The summed E-state index contributed by atoms with van der Waals surface area (Å²) in [7, 11) is 1.63. The summed E-state index contributed by atoms with van der Waals surface area (Å²) in [5.74, 6) is -2.02. The first-order valence-corrected chi connectivity index (χ1v) is 15.1. The molecular formula is C37H30F2N4O4. The molecular weight excluding hydrogens is 602 g/mol. The molecule has 6 rings (SSSR count). The van der Waals surface area contributed by atoms with Gasteiger partial charge in [-0.05, 0) is 77.6 Å². The van der Waals surface area contributed by atoms with Gasteiger partial charge in [0, 0.05) is 43.4 Å². The van der Waals surface area contributed by atoms with Crippen LogP contribution >= 0.6 is 0 Å². The fourth-order valence-electron chi connectivity index (χ4n) is 6.03. The van der Waals surface area contributed by atoms with Crippen LogP contribution in [0.2, 0.25) is 0 Å². The SMILES string of the molecule is CN(C[C@@H]1CCCN1C(=O)OCc1ccccc1)C(=O)c1c(-c2cc(O)cc(F)c2)cnc2ccc(-c3cc(F)cc(C#N)c3)cc12. The molecule has 0 spiro atoms. The van der Waals surface area contributed by atoms with Crippen molar-refractivity contribution in [2.75, 3.05) is 20.1 Å². The smallest absolute Gasteiger partial charge is 0.410 e. The van der Waals surface area contributed by atoms with E-state index in [1.807, 2.05) is 36.4 Å². The third-order valence-corrected chi connectivity index (χ3v) is 8.28. The molecule has 1 atom stereocenters. The highest BCUT2D eigenvalue weighted by Gasteiger charge is 2.33. The molecule has 10 heteroatoms. The highest BCUT2D eigenvalue weighted by molar-refractivity contribution is 6.12. The molecule has 0 bridgehead atoms. The van der Waals surface area contributed by atoms with Crippen LogP contribution in [0.15, 0.2) is 91.1 Å². The number of ether oxygens (including phenoxy) is 1. The summed E-state index contributed by atoms with van der Waals surface area (Å²) in [4.78, 5) is 35.1. The van der Waals surface area contributed by atoms with Gasteiger partial charge in [-0.3, -0.25) is 9.78 Å². The number of rotatable bonds is 7. The Bertz CT molecular complexity index is 2010. The molecule has 1 fully saturated rings. The monoisotopic (exact) mass is 632 g/mol. The standard InChI is InChI=1S/C37H30F2N4O4/c1-42(21-30-8-5-11-43(30)37(46)47-22-23-6-3-2-4-7-23)36(45)35-32-17-25(26-12-24(19-40)13-28(38)14-26)9-10-34(32)41-20-33(35)27-15-29(39)18-31(44)16-27/h2-4,6-7,9-10,12-18,20,30,44H,5,8,11,21-22H2,1H3/t30-/m0/s1. The minimum absolute atomic E-state index is 0.133. The Morgan fingerprint density at radius 3 is 2.53 bits per heavy atom. The van der Waals surface area contributed by atoms with Crippen molar-refractivity contribution in [3.63, 3.8) is 0 Å². The predicted octanol–water partition coefficient (Wildman–Crippen LogP) is 7.30. The van der Waals surface area contributed by atoms with Gasteiger partial charge in [0.05, 0.1) is 28.8 Å². The number of pyridine rings is 1. The molecule has 2 heterocycles. The van der Waals surface area contributed by atoms with Crippen LogP contribution in [0, 0.1) is 23.0 Å². The van der Waals surface area contributed by atoms with Crippen molar-refractivity contribution in [3.05, 3.63) is 119 Å². The number of carbonyl (C=O) groups is 2. The largest absolute Gasteiger partial charge is 0.508 e. The molecule has 0 unspecified atom stereocenters. The maximum absolute atomic E-state index is 14.5. The van der Waals surface area contributed by atoms with E-state index in [0.29, 0.717) is 35.0 Å². The summed E-state index contributed by atoms with van der Waals surface area (Å²) >= 11 is 0. The molecule has 47 heavy (non-hydrogen) atoms. The average Bonchev–Trinajstić information content (AvgIpc) is 3.53. The van der Waals surface area contributed by atoms with Gasteiger partial charge in [0.1, 0.15) is 24.0 Å². The quantitative estimate of drug-likeness (QED) is 0.202. The van der Waals surface area contributed by atoms with Crippen LogP contribution in [0.5, 0.6) is 5.75 Å². The second kappa shape index (κ2) is 13.3. The fourth-order valence-corrected chi connectivity index (χ4v) is 6.03. The van der Waals surface area contributed by atoms with Crippen molar-refractivity contribution in [1.29, 1.82) is 5.26 Å². The molecule has 1 saturated heterocycles. The summed E-state index contributed by atoms with van der Waals surface area (Å²) in [6.45, 7) is 0.827. The number of nitriles is 1. The van der Waals surface area contributed by atoms with Gasteiger partial charge >= 0.3 is 6.09 Å². The number of halogens is 2. The van der Waals surface area contributed by atoms with Gasteiger partial charge in [0.25, 0.3) is 5.91 Å². The minimum atomic E-state index is -0.694. The van der Waals surface area contributed by atoms with Crippen molar-refractivity contribution in [2.45, 2.75) is 25.5 Å². The first-order valence-electron chi connectivity index (χ1n) is 15.1. The molecule has 1 aliphatic heterocycles. The normalized spacial score (nSPS) is 14.2. The van der Waals surface area contributed by atoms with Crippen LogP contribution in [-0.2, 0) is 11.3 Å². The lowest BCUT2D eigenvalue weighted by molar-refractivity contribution is 0.0692. The van der Waals surface area contributed by atoms with Gasteiger partial charge in [-0.2, -0.15) is 5.26 Å². The molecule has 1 aliphatic rings. The Hall–Kier alpha value is -5.82. The van der Waals surface area contributed by atoms with E-state index in [9.17, 15) is 28.7 Å². The lowest BCUT2D eigenvalue weighted by atomic mass is 9.94. The number of aromatic hydroxyl groups is 1. The molecule has 5 aromatic rings. The summed E-state index contributed by atoms with van der Waals surface area (Å²) in [5.41, 5.74) is 3.14. The zero-order chi connectivity index (χ0) is 33.1. The van der Waals surface area contributed by atoms with Gasteiger partial charge in [-0.25, -0.2) is 13.6 Å². The minimum Gasteiger partial charge on any atom is -0.508 e. The molecule has 8 nitrogen and oxygen atoms in total. The van der Waals surface area contributed by atoms with Crippen LogP contribution in [0.3, 0.4) is 0 Å². The Balaban J connectivity index is 1.36. The lowest BCUT2D eigenvalue weighted by Crippen LogP contribution is -2.44. The Kier molecular flexibility index (Phi) is 8.80. The number of likely N-dealkylation sites (tertiary alicyclic amines) is 1. The molecule has 0 saturated carbocycles. The number of hydrogen-bond acceptors (Lipinski definition) is 6. The van der Waals surface area contributed by atoms with E-state index in [1.165, 1.54) is 29.3 Å². The number of hydrogen-bond donors (Lipinski definition) is 1. The van der Waals surface area contributed by atoms with Crippen molar-refractivity contribution >= 4 is 22.9 Å². The molecule has 0 aliphatic carbocycles. The zero-order valence-corrected chi connectivity index (χ0v) is 25.5. The molecule has 0 radical (unpaired) electrons. The number of amides is 2. The number of phenolic OH excluding ortho intramolecular Hbond substituents is 1. The first-order chi connectivity index (χ1) is 22.7. The molecule has 1 N–H and O–H groups in total. The van der Waals surface area contributed by atoms with E-state index in [4.69, 9.17) is 4.74 Å². The molecule has 1 aromatic heterocycles. The highest BCUT2D eigenvalue weighted by Crippen LogP contribution is 2.35. The van der Waals surface area contributed by atoms with E-state index in [-0.39, 0.29) is 47.2 Å². The van der Waals surface area contributed by atoms with E-state index < -0.39 is 23.6 Å². The van der Waals surface area contributed by atoms with Crippen molar-refractivity contribution in [1.82, 2.24) is 14.8 Å². The first kappa shape index (κ1) is 31.2. The Morgan fingerprint density at radius 1 is 1.00 bits per heavy atom. The summed E-state index contributed by atoms with van der Waals surface area (Å²) < 4.78 is 34.4. The van der Waals surface area contributed by atoms with Crippen LogP contribution in [-0.4, -0.2) is 58.1 Å². The number of aromatic nitrogens is 1. The topological polar surface area (TPSA) is 107 Å². The Labute approximate surface area is 270 Å². The van der Waals surface area contributed by atoms with Crippen LogP contribution < -0.4 is 0 Å². The van der Waals surface area contributed by atoms with E-state index >= 15 is 0 Å². The van der Waals surface area contributed by atoms with E-state index in [1.54, 1.807) is 36.2 Å².